The molecule has 0 saturated heterocycles. The molecule has 20 heavy (non-hydrogen) atoms. The lowest BCUT2D eigenvalue weighted by molar-refractivity contribution is 0.112. The van der Waals surface area contributed by atoms with Crippen LogP contribution in [0.3, 0.4) is 0 Å². The van der Waals surface area contributed by atoms with E-state index in [-0.39, 0.29) is 0 Å². The van der Waals surface area contributed by atoms with E-state index < -0.39 is 0 Å². The summed E-state index contributed by atoms with van der Waals surface area (Å²) < 4.78 is 0. The van der Waals surface area contributed by atoms with Crippen molar-refractivity contribution >= 4 is 17.2 Å². The quantitative estimate of drug-likeness (QED) is 0.585. The molecule has 0 aliphatic heterocycles. The number of hydrogen-bond donors (Lipinski definition) is 0. The summed E-state index contributed by atoms with van der Waals surface area (Å²) in [5, 5.41) is 10.2. The summed E-state index contributed by atoms with van der Waals surface area (Å²) in [6.45, 7) is 2.18. The van der Waals surface area contributed by atoms with E-state index in [9.17, 15) is 10.1 Å². The van der Waals surface area contributed by atoms with Crippen LogP contribution in [0.2, 0.25) is 0 Å². The van der Waals surface area contributed by atoms with Crippen LogP contribution in [-0.2, 0) is 6.42 Å². The Labute approximate surface area is 119 Å². The minimum absolute atomic E-state index is 0.622. The van der Waals surface area contributed by atoms with Gasteiger partial charge in [0.1, 0.15) is 12.4 Å². The van der Waals surface area contributed by atoms with E-state index in [1.54, 1.807) is 12.3 Å². The summed E-state index contributed by atoms with van der Waals surface area (Å²) in [5.41, 5.74) is 3.12. The Hall–Kier alpha value is -2.21. The molecule has 0 bridgehead atoms. The zero-order chi connectivity index (χ0) is 14.4. The van der Waals surface area contributed by atoms with Crippen LogP contribution < -0.4 is 0 Å². The highest BCUT2D eigenvalue weighted by Gasteiger charge is 2.09. The third kappa shape index (κ3) is 3.03. The molecule has 0 saturated carbocycles. The summed E-state index contributed by atoms with van der Waals surface area (Å²) in [4.78, 5) is 15.2. The van der Waals surface area contributed by atoms with Gasteiger partial charge in [-0.1, -0.05) is 26.2 Å². The van der Waals surface area contributed by atoms with Gasteiger partial charge in [0.05, 0.1) is 11.1 Å². The van der Waals surface area contributed by atoms with Crippen LogP contribution in [-0.4, -0.2) is 11.3 Å². The number of unbranched alkanes of at least 4 members (excludes halogenated alkanes) is 3. The van der Waals surface area contributed by atoms with E-state index in [1.807, 2.05) is 12.1 Å². The number of aldehydes is 1. The molecule has 102 valence electrons. The SMILES string of the molecule is CCCCCCc1c(C#N)cnc2ccc(C=O)cc12. The zero-order valence-corrected chi connectivity index (χ0v) is 11.7. The molecule has 0 fully saturated rings. The van der Waals surface area contributed by atoms with Gasteiger partial charge in [-0.15, -0.1) is 0 Å². The van der Waals surface area contributed by atoms with E-state index in [1.165, 1.54) is 19.3 Å². The summed E-state index contributed by atoms with van der Waals surface area (Å²) >= 11 is 0. The number of carbonyl (C=O) groups excluding carboxylic acids is 1. The van der Waals surface area contributed by atoms with Crippen LogP contribution in [0.1, 0.15) is 54.1 Å². The highest BCUT2D eigenvalue weighted by atomic mass is 16.1. The third-order valence-corrected chi connectivity index (χ3v) is 3.54. The molecular formula is C17H18N2O. The van der Waals surface area contributed by atoms with Gasteiger partial charge in [0.15, 0.2) is 0 Å². The second-order valence-electron chi connectivity index (χ2n) is 4.97. The van der Waals surface area contributed by atoms with Gasteiger partial charge >= 0.3 is 0 Å². The van der Waals surface area contributed by atoms with Gasteiger partial charge in [-0.05, 0) is 36.6 Å². The molecule has 2 rings (SSSR count). The molecule has 2 aromatic rings. The Balaban J connectivity index is 2.41. The molecule has 0 unspecified atom stereocenters. The van der Waals surface area contributed by atoms with Gasteiger partial charge < -0.3 is 0 Å². The maximum atomic E-state index is 10.9. The standard InChI is InChI=1S/C17H18N2O/c1-2-3-4-5-6-15-14(10-18)11-19-17-8-7-13(12-20)9-16(15)17/h7-9,11-12H,2-6H2,1H3. The average Bonchev–Trinajstić information content (AvgIpc) is 2.50. The monoisotopic (exact) mass is 266 g/mol. The summed E-state index contributed by atoms with van der Waals surface area (Å²) in [5.74, 6) is 0. The fourth-order valence-electron chi connectivity index (χ4n) is 2.43. The Kier molecular flexibility index (Phi) is 4.84. The van der Waals surface area contributed by atoms with Gasteiger partial charge in [0, 0.05) is 17.1 Å². The molecule has 1 heterocycles. The van der Waals surface area contributed by atoms with Gasteiger partial charge in [-0.3, -0.25) is 9.78 Å². The topological polar surface area (TPSA) is 53.8 Å². The van der Waals surface area contributed by atoms with Crippen LogP contribution in [0.15, 0.2) is 24.4 Å². The van der Waals surface area contributed by atoms with Crippen molar-refractivity contribution in [2.45, 2.75) is 39.0 Å². The molecule has 0 atom stereocenters. The number of pyridine rings is 1. The highest BCUT2D eigenvalue weighted by molar-refractivity contribution is 5.89. The lowest BCUT2D eigenvalue weighted by Crippen LogP contribution is -1.96. The van der Waals surface area contributed by atoms with Gasteiger partial charge in [-0.2, -0.15) is 5.26 Å². The number of hydrogen-bond acceptors (Lipinski definition) is 3. The fourth-order valence-corrected chi connectivity index (χ4v) is 2.43. The highest BCUT2D eigenvalue weighted by Crippen LogP contribution is 2.23. The van der Waals surface area contributed by atoms with E-state index in [4.69, 9.17) is 0 Å². The number of nitrogens with zero attached hydrogens (tertiary/aromatic N) is 2. The molecule has 0 radical (unpaired) electrons. The van der Waals surface area contributed by atoms with Crippen molar-refractivity contribution in [3.05, 3.63) is 41.1 Å². The molecule has 0 aliphatic carbocycles. The average molecular weight is 266 g/mol. The lowest BCUT2D eigenvalue weighted by atomic mass is 9.97. The number of aryl methyl sites for hydroxylation is 1. The molecule has 0 N–H and O–H groups in total. The molecule has 3 heteroatoms. The van der Waals surface area contributed by atoms with Gasteiger partial charge in [0.25, 0.3) is 0 Å². The van der Waals surface area contributed by atoms with Gasteiger partial charge in [-0.25, -0.2) is 0 Å². The van der Waals surface area contributed by atoms with Crippen LogP contribution in [0.25, 0.3) is 10.9 Å². The number of carbonyl (C=O) groups is 1. The normalized spacial score (nSPS) is 10.4. The van der Waals surface area contributed by atoms with Crippen LogP contribution in [0, 0.1) is 11.3 Å². The van der Waals surface area contributed by atoms with Crippen LogP contribution in [0.4, 0.5) is 0 Å². The van der Waals surface area contributed by atoms with Crippen molar-refractivity contribution in [2.75, 3.05) is 0 Å². The maximum Gasteiger partial charge on any atom is 0.150 e. The predicted octanol–water partition coefficient (Wildman–Crippen LogP) is 4.04. The minimum atomic E-state index is 0.622. The molecule has 0 spiro atoms. The first kappa shape index (κ1) is 14.2. The molecule has 0 amide bonds. The Morgan fingerprint density at radius 1 is 1.30 bits per heavy atom. The van der Waals surface area contributed by atoms with E-state index in [2.05, 4.69) is 18.0 Å². The molecule has 1 aromatic carbocycles. The van der Waals surface area contributed by atoms with Gasteiger partial charge in [0.2, 0.25) is 0 Å². The third-order valence-electron chi connectivity index (χ3n) is 3.54. The first-order valence-corrected chi connectivity index (χ1v) is 7.07. The van der Waals surface area contributed by atoms with Crippen LogP contribution in [0.5, 0.6) is 0 Å². The second-order valence-corrected chi connectivity index (χ2v) is 4.97. The number of nitriles is 1. The Bertz CT molecular complexity index is 656. The van der Waals surface area contributed by atoms with Crippen molar-refractivity contribution in [1.29, 1.82) is 5.26 Å². The molecule has 0 aliphatic rings. The number of rotatable bonds is 6. The smallest absolute Gasteiger partial charge is 0.150 e. The summed E-state index contributed by atoms with van der Waals surface area (Å²) in [6, 6.07) is 7.66. The molecule has 3 nitrogen and oxygen atoms in total. The van der Waals surface area contributed by atoms with E-state index >= 15 is 0 Å². The fraction of sp³-hybridized carbons (Fsp3) is 0.353. The lowest BCUT2D eigenvalue weighted by Gasteiger charge is -2.08. The Morgan fingerprint density at radius 2 is 2.15 bits per heavy atom. The largest absolute Gasteiger partial charge is 0.298 e. The minimum Gasteiger partial charge on any atom is -0.298 e. The van der Waals surface area contributed by atoms with Crippen molar-refractivity contribution in [2.24, 2.45) is 0 Å². The predicted molar refractivity (Wildman–Crippen MR) is 79.7 cm³/mol. The van der Waals surface area contributed by atoms with E-state index in [0.717, 1.165) is 35.6 Å². The molecule has 1 aromatic heterocycles. The molecular weight excluding hydrogens is 248 g/mol. The second kappa shape index (κ2) is 6.81. The van der Waals surface area contributed by atoms with E-state index in [0.29, 0.717) is 11.1 Å². The van der Waals surface area contributed by atoms with Crippen molar-refractivity contribution in [3.8, 4) is 6.07 Å². The first-order valence-electron chi connectivity index (χ1n) is 7.07. The summed E-state index contributed by atoms with van der Waals surface area (Å²) in [7, 11) is 0. The first-order chi connectivity index (χ1) is 9.80. The summed E-state index contributed by atoms with van der Waals surface area (Å²) in [6.07, 6.45) is 7.97. The van der Waals surface area contributed by atoms with Crippen LogP contribution >= 0.6 is 0 Å². The number of benzene rings is 1. The van der Waals surface area contributed by atoms with Crippen molar-refractivity contribution in [3.63, 3.8) is 0 Å². The maximum absolute atomic E-state index is 10.9. The van der Waals surface area contributed by atoms with Crippen molar-refractivity contribution in [1.82, 2.24) is 4.98 Å². The zero-order valence-electron chi connectivity index (χ0n) is 11.7. The Morgan fingerprint density at radius 3 is 2.85 bits per heavy atom. The number of fused-ring (bicyclic) bond motifs is 1. The number of aromatic nitrogens is 1. The van der Waals surface area contributed by atoms with Crippen molar-refractivity contribution < 1.29 is 4.79 Å².